The van der Waals surface area contributed by atoms with Gasteiger partial charge < -0.3 is 14.6 Å². The Labute approximate surface area is 134 Å². The molecule has 4 nitrogen and oxygen atoms in total. The average Bonchev–Trinajstić information content (AvgIpc) is 2.92. The molecule has 0 amide bonds. The molecular weight excluding hydrogens is 295 g/mol. The first-order chi connectivity index (χ1) is 11.1. The fraction of sp³-hybridized carbons (Fsp3) is 0.389. The smallest absolute Gasteiger partial charge is 0.335 e. The number of aryl methyl sites for hydroxylation is 1. The summed E-state index contributed by atoms with van der Waals surface area (Å²) in [4.78, 5) is 17.6. The van der Waals surface area contributed by atoms with Gasteiger partial charge in [0.05, 0.1) is 12.7 Å². The molecule has 3 rings (SSSR count). The first-order valence-electron chi connectivity index (χ1n) is 7.94. The van der Waals surface area contributed by atoms with Crippen molar-refractivity contribution in [1.82, 2.24) is 9.88 Å². The summed E-state index contributed by atoms with van der Waals surface area (Å²) in [5, 5.41) is 0.847. The Morgan fingerprint density at radius 1 is 1.43 bits per heavy atom. The summed E-state index contributed by atoms with van der Waals surface area (Å²) in [6.07, 6.45) is 4.19. The van der Waals surface area contributed by atoms with Crippen molar-refractivity contribution in [3.05, 3.63) is 47.0 Å². The normalized spacial score (nSPS) is 17.7. The van der Waals surface area contributed by atoms with Crippen LogP contribution < -0.4 is 0 Å². The van der Waals surface area contributed by atoms with E-state index >= 15 is 0 Å². The fourth-order valence-electron chi connectivity index (χ4n) is 3.18. The van der Waals surface area contributed by atoms with E-state index in [0.29, 0.717) is 12.0 Å². The van der Waals surface area contributed by atoms with E-state index in [0.717, 1.165) is 48.1 Å². The number of aromatic amines is 1. The van der Waals surface area contributed by atoms with E-state index in [-0.39, 0.29) is 11.8 Å². The lowest BCUT2D eigenvalue weighted by atomic mass is 10.0. The molecule has 2 aromatic rings. The van der Waals surface area contributed by atoms with E-state index in [1.54, 1.807) is 6.07 Å². The molecule has 0 spiro atoms. The van der Waals surface area contributed by atoms with Crippen LogP contribution in [0.1, 0.15) is 24.6 Å². The molecule has 2 heterocycles. The molecule has 122 valence electrons. The van der Waals surface area contributed by atoms with Gasteiger partial charge in [0, 0.05) is 42.3 Å². The van der Waals surface area contributed by atoms with E-state index in [2.05, 4.69) is 16.8 Å². The highest BCUT2D eigenvalue weighted by Crippen LogP contribution is 2.28. The Balaban J connectivity index is 2.11. The summed E-state index contributed by atoms with van der Waals surface area (Å²) in [5.41, 5.74) is 3.59. The molecule has 0 saturated heterocycles. The zero-order chi connectivity index (χ0) is 16.4. The summed E-state index contributed by atoms with van der Waals surface area (Å²) >= 11 is 0. The number of hydrogen-bond donors (Lipinski definition) is 1. The predicted octanol–water partition coefficient (Wildman–Crippen LogP) is 3.17. The summed E-state index contributed by atoms with van der Waals surface area (Å²) in [6, 6.07) is 4.74. The zero-order valence-electron chi connectivity index (χ0n) is 13.5. The Hall–Kier alpha value is -2.30. The molecule has 5 heteroatoms. The van der Waals surface area contributed by atoms with Gasteiger partial charge in [-0.15, -0.1) is 0 Å². The van der Waals surface area contributed by atoms with Crippen LogP contribution in [0.5, 0.6) is 0 Å². The van der Waals surface area contributed by atoms with Gasteiger partial charge in [0.25, 0.3) is 0 Å². The van der Waals surface area contributed by atoms with Crippen molar-refractivity contribution < 1.29 is 13.9 Å². The molecule has 0 atom stereocenters. The molecule has 1 aromatic carbocycles. The highest BCUT2D eigenvalue weighted by molar-refractivity contribution is 5.91. The second kappa shape index (κ2) is 6.44. The molecular formula is C18H21FN2O2. The van der Waals surface area contributed by atoms with Gasteiger partial charge in [-0.1, -0.05) is 0 Å². The number of benzene rings is 1. The number of ether oxygens (including phenoxy) is 1. The van der Waals surface area contributed by atoms with Gasteiger partial charge in [0.15, 0.2) is 0 Å². The largest absolute Gasteiger partial charge is 0.466 e. The standard InChI is InChI=1S/C18H21FN2O2/c1-3-21-8-4-5-16-14(9-12(11-21)18(22)23-2)15-10-13(19)6-7-17(15)20-16/h6-7,10-11,20H,3-5,8-9H2,1-2H3/b12-11+. The lowest BCUT2D eigenvalue weighted by Crippen LogP contribution is -2.20. The minimum atomic E-state index is -0.331. The molecule has 1 aromatic heterocycles. The second-order valence-corrected chi connectivity index (χ2v) is 5.83. The van der Waals surface area contributed by atoms with Crippen molar-refractivity contribution >= 4 is 16.9 Å². The topological polar surface area (TPSA) is 45.3 Å². The molecule has 0 saturated carbocycles. The molecule has 1 aliphatic heterocycles. The molecule has 0 aliphatic carbocycles. The van der Waals surface area contributed by atoms with Gasteiger partial charge in [-0.2, -0.15) is 0 Å². The third-order valence-corrected chi connectivity index (χ3v) is 4.39. The highest BCUT2D eigenvalue weighted by atomic mass is 19.1. The van der Waals surface area contributed by atoms with Crippen molar-refractivity contribution in [1.29, 1.82) is 0 Å². The van der Waals surface area contributed by atoms with E-state index in [1.807, 2.05) is 6.20 Å². The number of halogens is 1. The summed E-state index contributed by atoms with van der Waals surface area (Å²) < 4.78 is 18.6. The molecule has 0 radical (unpaired) electrons. The summed E-state index contributed by atoms with van der Waals surface area (Å²) in [5.74, 6) is -0.597. The van der Waals surface area contributed by atoms with Crippen molar-refractivity contribution in [3.8, 4) is 0 Å². The van der Waals surface area contributed by atoms with Gasteiger partial charge in [0.1, 0.15) is 5.82 Å². The van der Waals surface area contributed by atoms with Crippen molar-refractivity contribution in [2.45, 2.75) is 26.2 Å². The van der Waals surface area contributed by atoms with Crippen LogP contribution in [-0.2, 0) is 22.4 Å². The SMILES string of the molecule is CCN1/C=C(/C(=O)OC)Cc2c([nH]c3ccc(F)cc23)CCC1. The van der Waals surface area contributed by atoms with Gasteiger partial charge in [0.2, 0.25) is 0 Å². The Bertz CT molecular complexity index is 764. The Morgan fingerprint density at radius 2 is 2.26 bits per heavy atom. The van der Waals surface area contributed by atoms with Crippen LogP contribution in [0.4, 0.5) is 4.39 Å². The molecule has 23 heavy (non-hydrogen) atoms. The monoisotopic (exact) mass is 316 g/mol. The third-order valence-electron chi connectivity index (χ3n) is 4.39. The van der Waals surface area contributed by atoms with Crippen molar-refractivity contribution in [2.75, 3.05) is 20.2 Å². The molecule has 1 aliphatic rings. The van der Waals surface area contributed by atoms with Gasteiger partial charge >= 0.3 is 5.97 Å². The number of carbonyl (C=O) groups excluding carboxylic acids is 1. The zero-order valence-corrected chi connectivity index (χ0v) is 13.5. The highest BCUT2D eigenvalue weighted by Gasteiger charge is 2.20. The van der Waals surface area contributed by atoms with E-state index in [9.17, 15) is 9.18 Å². The van der Waals surface area contributed by atoms with Crippen LogP contribution >= 0.6 is 0 Å². The lowest BCUT2D eigenvalue weighted by Gasteiger charge is -2.18. The van der Waals surface area contributed by atoms with Crippen LogP contribution in [0.25, 0.3) is 10.9 Å². The number of H-pyrrole nitrogens is 1. The quantitative estimate of drug-likeness (QED) is 0.866. The lowest BCUT2D eigenvalue weighted by molar-refractivity contribution is -0.136. The number of nitrogens with zero attached hydrogens (tertiary/aromatic N) is 1. The maximum absolute atomic E-state index is 13.7. The van der Waals surface area contributed by atoms with Crippen LogP contribution in [0.2, 0.25) is 0 Å². The van der Waals surface area contributed by atoms with Gasteiger partial charge in [-0.3, -0.25) is 0 Å². The van der Waals surface area contributed by atoms with Crippen LogP contribution in [0.15, 0.2) is 30.0 Å². The number of esters is 1. The number of rotatable bonds is 2. The Kier molecular flexibility index (Phi) is 4.37. The maximum atomic E-state index is 13.7. The first kappa shape index (κ1) is 15.6. The predicted molar refractivity (Wildman–Crippen MR) is 87.6 cm³/mol. The van der Waals surface area contributed by atoms with Crippen molar-refractivity contribution in [2.24, 2.45) is 0 Å². The maximum Gasteiger partial charge on any atom is 0.335 e. The number of hydrogen-bond acceptors (Lipinski definition) is 3. The number of methoxy groups -OCH3 is 1. The van der Waals surface area contributed by atoms with Crippen molar-refractivity contribution in [3.63, 3.8) is 0 Å². The molecule has 0 bridgehead atoms. The number of carbonyl (C=O) groups is 1. The molecule has 1 N–H and O–H groups in total. The number of aromatic nitrogens is 1. The minimum Gasteiger partial charge on any atom is -0.466 e. The number of nitrogens with one attached hydrogen (secondary N) is 1. The fourth-order valence-corrected chi connectivity index (χ4v) is 3.18. The first-order valence-corrected chi connectivity index (χ1v) is 7.94. The molecule has 0 unspecified atom stereocenters. The average molecular weight is 316 g/mol. The van der Waals surface area contributed by atoms with Gasteiger partial charge in [-0.25, -0.2) is 9.18 Å². The van der Waals surface area contributed by atoms with Crippen LogP contribution in [0.3, 0.4) is 0 Å². The minimum absolute atomic E-state index is 0.266. The van der Waals surface area contributed by atoms with Crippen LogP contribution in [0, 0.1) is 5.82 Å². The Morgan fingerprint density at radius 3 is 3.00 bits per heavy atom. The second-order valence-electron chi connectivity index (χ2n) is 5.83. The molecule has 0 fully saturated rings. The summed E-state index contributed by atoms with van der Waals surface area (Å²) in [7, 11) is 1.39. The summed E-state index contributed by atoms with van der Waals surface area (Å²) in [6.45, 7) is 3.78. The van der Waals surface area contributed by atoms with E-state index in [4.69, 9.17) is 4.74 Å². The van der Waals surface area contributed by atoms with Crippen LogP contribution in [-0.4, -0.2) is 36.1 Å². The van der Waals surface area contributed by atoms with E-state index in [1.165, 1.54) is 19.2 Å². The number of fused-ring (bicyclic) bond motifs is 3. The van der Waals surface area contributed by atoms with Gasteiger partial charge in [-0.05, 0) is 43.5 Å². The third kappa shape index (κ3) is 3.09. The van der Waals surface area contributed by atoms with E-state index < -0.39 is 0 Å².